The van der Waals surface area contributed by atoms with Crippen molar-refractivity contribution < 1.29 is 14.6 Å². The minimum Gasteiger partial charge on any atom is -0.389 e. The smallest absolute Gasteiger partial charge is 0.226 e. The second kappa shape index (κ2) is 8.19. The summed E-state index contributed by atoms with van der Waals surface area (Å²) in [5, 5.41) is 17.0. The summed E-state index contributed by atoms with van der Waals surface area (Å²) in [5.74, 6) is -0.273. The van der Waals surface area contributed by atoms with E-state index in [9.17, 15) is 9.90 Å². The summed E-state index contributed by atoms with van der Waals surface area (Å²) in [4.78, 5) is 17.3. The highest BCUT2D eigenvalue weighted by Crippen LogP contribution is 2.35. The lowest BCUT2D eigenvalue weighted by Gasteiger charge is -2.21. The molecule has 146 valence electrons. The molecule has 3 heterocycles. The molecule has 0 aliphatic carbocycles. The van der Waals surface area contributed by atoms with Crippen LogP contribution in [-0.4, -0.2) is 32.4 Å². The van der Waals surface area contributed by atoms with Gasteiger partial charge in [0, 0.05) is 30.1 Å². The average molecular weight is 372 g/mol. The molecular weight excluding hydrogens is 344 g/mol. The molecule has 2 aromatic heterocycles. The Kier molecular flexibility index (Phi) is 5.92. The molecule has 1 fully saturated rings. The molecular formula is C20H28N4O3. The number of aromatic nitrogens is 3. The average Bonchev–Trinajstić information content (AvgIpc) is 3.27. The largest absolute Gasteiger partial charge is 0.389 e. The van der Waals surface area contributed by atoms with Gasteiger partial charge >= 0.3 is 0 Å². The molecule has 7 nitrogen and oxygen atoms in total. The van der Waals surface area contributed by atoms with Crippen LogP contribution in [0.15, 0.2) is 24.4 Å². The Balaban J connectivity index is 1.67. The zero-order valence-electron chi connectivity index (χ0n) is 16.3. The molecule has 1 amide bonds. The zero-order valence-corrected chi connectivity index (χ0v) is 16.3. The number of ether oxygens (including phenoxy) is 1. The molecule has 3 rings (SSSR count). The van der Waals surface area contributed by atoms with Crippen molar-refractivity contribution in [3.63, 3.8) is 0 Å². The summed E-state index contributed by atoms with van der Waals surface area (Å²) in [6.07, 6.45) is 1.61. The first-order valence-corrected chi connectivity index (χ1v) is 9.45. The van der Waals surface area contributed by atoms with Crippen LogP contribution >= 0.6 is 0 Å². The van der Waals surface area contributed by atoms with E-state index in [0.717, 1.165) is 22.6 Å². The number of rotatable bonds is 6. The van der Waals surface area contributed by atoms with E-state index >= 15 is 0 Å². The molecule has 0 radical (unpaired) electrons. The van der Waals surface area contributed by atoms with Gasteiger partial charge in [0.25, 0.3) is 0 Å². The molecule has 0 spiro atoms. The number of nitrogens with one attached hydrogen (secondary N) is 1. The van der Waals surface area contributed by atoms with Crippen LogP contribution in [0.25, 0.3) is 0 Å². The van der Waals surface area contributed by atoms with E-state index in [4.69, 9.17) is 4.74 Å². The fourth-order valence-corrected chi connectivity index (χ4v) is 3.60. The van der Waals surface area contributed by atoms with Crippen molar-refractivity contribution >= 4 is 5.91 Å². The number of aliphatic hydroxyl groups excluding tert-OH is 1. The molecule has 7 heteroatoms. The maximum absolute atomic E-state index is 12.8. The van der Waals surface area contributed by atoms with Crippen molar-refractivity contribution in [1.82, 2.24) is 20.1 Å². The van der Waals surface area contributed by atoms with Crippen molar-refractivity contribution in [3.8, 4) is 0 Å². The van der Waals surface area contributed by atoms with E-state index in [-0.39, 0.29) is 24.0 Å². The highest BCUT2D eigenvalue weighted by atomic mass is 16.5. The third-order valence-corrected chi connectivity index (χ3v) is 4.99. The molecule has 0 bridgehead atoms. The van der Waals surface area contributed by atoms with Crippen molar-refractivity contribution in [2.75, 3.05) is 6.61 Å². The Morgan fingerprint density at radius 2 is 2.15 bits per heavy atom. The van der Waals surface area contributed by atoms with Gasteiger partial charge in [-0.05, 0) is 46.2 Å². The van der Waals surface area contributed by atoms with Gasteiger partial charge in [0.05, 0.1) is 30.0 Å². The number of aliphatic hydroxyl groups is 1. The number of amides is 1. The normalized spacial score (nSPS) is 20.8. The Hall–Kier alpha value is -2.25. The Labute approximate surface area is 159 Å². The maximum atomic E-state index is 12.8. The summed E-state index contributed by atoms with van der Waals surface area (Å²) < 4.78 is 7.78. The van der Waals surface area contributed by atoms with E-state index in [1.807, 2.05) is 29.8 Å². The van der Waals surface area contributed by atoms with Gasteiger partial charge in [-0.3, -0.25) is 14.5 Å². The second-order valence-corrected chi connectivity index (χ2v) is 7.35. The fraction of sp³-hybridized carbons (Fsp3) is 0.550. The molecule has 2 N–H and O–H groups in total. The molecule has 2 aromatic rings. The van der Waals surface area contributed by atoms with Crippen LogP contribution in [0.2, 0.25) is 0 Å². The van der Waals surface area contributed by atoms with E-state index in [1.165, 1.54) is 0 Å². The van der Waals surface area contributed by atoms with Crippen LogP contribution in [0.5, 0.6) is 0 Å². The van der Waals surface area contributed by atoms with Crippen molar-refractivity contribution in [2.45, 2.75) is 58.9 Å². The van der Waals surface area contributed by atoms with E-state index in [1.54, 1.807) is 13.1 Å². The van der Waals surface area contributed by atoms with Crippen LogP contribution in [-0.2, 0) is 16.1 Å². The summed E-state index contributed by atoms with van der Waals surface area (Å²) >= 11 is 0. The predicted molar refractivity (Wildman–Crippen MR) is 101 cm³/mol. The maximum Gasteiger partial charge on any atom is 0.226 e. The van der Waals surface area contributed by atoms with Gasteiger partial charge in [-0.2, -0.15) is 5.10 Å². The molecule has 1 saturated heterocycles. The fourth-order valence-electron chi connectivity index (χ4n) is 3.60. The number of nitrogens with zero attached hydrogens (tertiary/aromatic N) is 3. The highest BCUT2D eigenvalue weighted by Gasteiger charge is 2.37. The van der Waals surface area contributed by atoms with E-state index < -0.39 is 6.10 Å². The number of pyridine rings is 1. The van der Waals surface area contributed by atoms with E-state index in [2.05, 4.69) is 29.2 Å². The van der Waals surface area contributed by atoms with Crippen LogP contribution in [0.1, 0.15) is 68.1 Å². The lowest BCUT2D eigenvalue weighted by molar-refractivity contribution is -0.127. The van der Waals surface area contributed by atoms with Gasteiger partial charge in [0.2, 0.25) is 5.91 Å². The SMILES string of the molecule is Cc1nc(CNC(=O)[C@H]2CCO[C@@H]2c2ccnn2C(C)C)ccc1[C@H](C)O. The summed E-state index contributed by atoms with van der Waals surface area (Å²) in [5.41, 5.74) is 3.29. The minimum atomic E-state index is -0.552. The van der Waals surface area contributed by atoms with Gasteiger partial charge in [0.1, 0.15) is 6.10 Å². The molecule has 1 aliphatic heterocycles. The van der Waals surface area contributed by atoms with E-state index in [0.29, 0.717) is 19.6 Å². The minimum absolute atomic E-state index is 0.0342. The van der Waals surface area contributed by atoms with Crippen LogP contribution < -0.4 is 5.32 Å². The molecule has 1 aliphatic rings. The van der Waals surface area contributed by atoms with Crippen LogP contribution in [0.4, 0.5) is 0 Å². The summed E-state index contributed by atoms with van der Waals surface area (Å²) in [6, 6.07) is 5.83. The lowest BCUT2D eigenvalue weighted by atomic mass is 9.97. The van der Waals surface area contributed by atoms with Crippen molar-refractivity contribution in [1.29, 1.82) is 0 Å². The molecule has 0 aromatic carbocycles. The molecule has 0 unspecified atom stereocenters. The molecule has 27 heavy (non-hydrogen) atoms. The first-order chi connectivity index (χ1) is 12.9. The second-order valence-electron chi connectivity index (χ2n) is 7.35. The van der Waals surface area contributed by atoms with Crippen molar-refractivity contribution in [3.05, 3.63) is 47.0 Å². The number of hydrogen-bond donors (Lipinski definition) is 2. The van der Waals surface area contributed by atoms with Gasteiger partial charge < -0.3 is 15.2 Å². The summed E-state index contributed by atoms with van der Waals surface area (Å²) in [6.45, 7) is 8.62. The van der Waals surface area contributed by atoms with Crippen LogP contribution in [0, 0.1) is 12.8 Å². The highest BCUT2D eigenvalue weighted by molar-refractivity contribution is 5.79. The standard InChI is InChI=1S/C20H28N4O3/c1-12(2)24-18(7-9-22-24)19-17(8-10-27-19)20(26)21-11-15-5-6-16(14(4)25)13(3)23-15/h5-7,9,12,14,17,19,25H,8,10-11H2,1-4H3,(H,21,26)/t14-,17-,19-/m0/s1. The number of carbonyl (C=O) groups is 1. The first kappa shape index (κ1) is 19.5. The quantitative estimate of drug-likeness (QED) is 0.814. The lowest BCUT2D eigenvalue weighted by Crippen LogP contribution is -2.33. The van der Waals surface area contributed by atoms with Gasteiger partial charge in [-0.1, -0.05) is 6.07 Å². The Morgan fingerprint density at radius 3 is 2.81 bits per heavy atom. The monoisotopic (exact) mass is 372 g/mol. The first-order valence-electron chi connectivity index (χ1n) is 9.45. The number of hydrogen-bond acceptors (Lipinski definition) is 5. The summed E-state index contributed by atoms with van der Waals surface area (Å²) in [7, 11) is 0. The van der Waals surface area contributed by atoms with Gasteiger partial charge in [-0.15, -0.1) is 0 Å². The van der Waals surface area contributed by atoms with Gasteiger partial charge in [-0.25, -0.2) is 0 Å². The van der Waals surface area contributed by atoms with Crippen LogP contribution in [0.3, 0.4) is 0 Å². The zero-order chi connectivity index (χ0) is 19.6. The Bertz CT molecular complexity index is 800. The third kappa shape index (κ3) is 4.20. The third-order valence-electron chi connectivity index (χ3n) is 4.99. The van der Waals surface area contributed by atoms with Gasteiger partial charge in [0.15, 0.2) is 0 Å². The Morgan fingerprint density at radius 1 is 1.37 bits per heavy atom. The molecule has 0 saturated carbocycles. The van der Waals surface area contributed by atoms with Crippen molar-refractivity contribution in [2.24, 2.45) is 5.92 Å². The number of carbonyl (C=O) groups excluding carboxylic acids is 1. The molecule has 3 atom stereocenters. The number of aryl methyl sites for hydroxylation is 1. The predicted octanol–water partition coefficient (Wildman–Crippen LogP) is 2.61. The topological polar surface area (TPSA) is 89.3 Å².